The second kappa shape index (κ2) is 5.32. The van der Waals surface area contributed by atoms with Crippen molar-refractivity contribution in [3.05, 3.63) is 30.6 Å². The van der Waals surface area contributed by atoms with Gasteiger partial charge in [-0.2, -0.15) is 0 Å². The van der Waals surface area contributed by atoms with Crippen LogP contribution >= 0.6 is 0 Å². The summed E-state index contributed by atoms with van der Waals surface area (Å²) in [5.41, 5.74) is 1.77. The molecule has 0 spiro atoms. The summed E-state index contributed by atoms with van der Waals surface area (Å²) in [5.74, 6) is 0.808. The third-order valence-electron chi connectivity index (χ3n) is 3.50. The summed E-state index contributed by atoms with van der Waals surface area (Å²) in [6.45, 7) is 1.70. The van der Waals surface area contributed by atoms with E-state index in [0.29, 0.717) is 0 Å². The van der Waals surface area contributed by atoms with Gasteiger partial charge in [-0.25, -0.2) is 4.79 Å². The highest BCUT2D eigenvalue weighted by atomic mass is 16.2. The predicted octanol–water partition coefficient (Wildman–Crippen LogP) is 2.11. The number of aromatic nitrogens is 3. The zero-order valence-electron chi connectivity index (χ0n) is 11.4. The molecule has 0 bridgehead atoms. The first kappa shape index (κ1) is 12.7. The lowest BCUT2D eigenvalue weighted by Gasteiger charge is -2.16. The number of carbonyl (C=O) groups excluding carboxylic acids is 1. The first-order valence-corrected chi connectivity index (χ1v) is 6.74. The van der Waals surface area contributed by atoms with Gasteiger partial charge in [0, 0.05) is 31.4 Å². The second-order valence-corrected chi connectivity index (χ2v) is 4.97. The van der Waals surface area contributed by atoms with Crippen molar-refractivity contribution in [1.29, 1.82) is 0 Å². The molecule has 3 rings (SSSR count). The highest BCUT2D eigenvalue weighted by Gasteiger charge is 2.17. The lowest BCUT2D eigenvalue weighted by molar-refractivity contribution is 0.222. The molecule has 1 fully saturated rings. The summed E-state index contributed by atoms with van der Waals surface area (Å²) < 4.78 is 1.86. The molecule has 1 aromatic carbocycles. The van der Waals surface area contributed by atoms with Crippen LogP contribution in [0.4, 0.5) is 10.5 Å². The molecule has 2 aromatic rings. The fourth-order valence-corrected chi connectivity index (χ4v) is 2.37. The molecule has 1 aliphatic heterocycles. The van der Waals surface area contributed by atoms with Crippen molar-refractivity contribution in [3.63, 3.8) is 0 Å². The van der Waals surface area contributed by atoms with Crippen LogP contribution in [0.2, 0.25) is 0 Å². The predicted molar refractivity (Wildman–Crippen MR) is 76.3 cm³/mol. The van der Waals surface area contributed by atoms with Crippen LogP contribution in [-0.2, 0) is 7.05 Å². The fourth-order valence-electron chi connectivity index (χ4n) is 2.37. The molecule has 1 N–H and O–H groups in total. The number of likely N-dealkylation sites (tertiary alicyclic amines) is 1. The molecule has 0 unspecified atom stereocenters. The minimum atomic E-state index is -0.0195. The number of urea groups is 1. The molecule has 6 heteroatoms. The monoisotopic (exact) mass is 271 g/mol. The second-order valence-electron chi connectivity index (χ2n) is 4.97. The van der Waals surface area contributed by atoms with E-state index in [1.807, 2.05) is 40.8 Å². The van der Waals surface area contributed by atoms with Gasteiger partial charge in [0.15, 0.2) is 5.82 Å². The number of aryl methyl sites for hydroxylation is 1. The quantitative estimate of drug-likeness (QED) is 0.910. The molecule has 2 heterocycles. The van der Waals surface area contributed by atoms with Crippen molar-refractivity contribution in [2.45, 2.75) is 12.8 Å². The summed E-state index contributed by atoms with van der Waals surface area (Å²) in [6.07, 6.45) is 3.86. The van der Waals surface area contributed by atoms with Gasteiger partial charge in [0.05, 0.1) is 0 Å². The summed E-state index contributed by atoms with van der Waals surface area (Å²) in [7, 11) is 1.90. The minimum absolute atomic E-state index is 0.0195. The number of nitrogens with one attached hydrogen (secondary N) is 1. The van der Waals surface area contributed by atoms with E-state index in [0.717, 1.165) is 43.0 Å². The Morgan fingerprint density at radius 1 is 1.20 bits per heavy atom. The van der Waals surface area contributed by atoms with Crippen molar-refractivity contribution >= 4 is 11.7 Å². The molecule has 6 nitrogen and oxygen atoms in total. The van der Waals surface area contributed by atoms with Gasteiger partial charge in [0.25, 0.3) is 0 Å². The van der Waals surface area contributed by atoms with Gasteiger partial charge in [0.2, 0.25) is 0 Å². The van der Waals surface area contributed by atoms with E-state index in [4.69, 9.17) is 0 Å². The molecule has 1 aliphatic rings. The van der Waals surface area contributed by atoms with E-state index in [1.165, 1.54) is 0 Å². The van der Waals surface area contributed by atoms with Gasteiger partial charge in [-0.1, -0.05) is 0 Å². The molecule has 1 aromatic heterocycles. The first-order chi connectivity index (χ1) is 9.74. The Kier molecular flexibility index (Phi) is 3.37. The third kappa shape index (κ3) is 2.49. The van der Waals surface area contributed by atoms with E-state index in [9.17, 15) is 4.79 Å². The summed E-state index contributed by atoms with van der Waals surface area (Å²) in [5, 5.41) is 10.8. The number of carbonyl (C=O) groups is 1. The van der Waals surface area contributed by atoms with Gasteiger partial charge >= 0.3 is 6.03 Å². The molecule has 0 aliphatic carbocycles. The zero-order chi connectivity index (χ0) is 13.9. The molecule has 1 saturated heterocycles. The number of hydrogen-bond acceptors (Lipinski definition) is 3. The lowest BCUT2D eigenvalue weighted by atomic mass is 10.2. The van der Waals surface area contributed by atoms with Crippen LogP contribution in [0.5, 0.6) is 0 Å². The van der Waals surface area contributed by atoms with E-state index < -0.39 is 0 Å². The molecule has 20 heavy (non-hydrogen) atoms. The number of benzene rings is 1. The molecular formula is C14H17N5O. The van der Waals surface area contributed by atoms with Crippen molar-refractivity contribution in [1.82, 2.24) is 19.7 Å². The largest absolute Gasteiger partial charge is 0.325 e. The minimum Gasteiger partial charge on any atom is -0.325 e. The van der Waals surface area contributed by atoms with E-state index in [1.54, 1.807) is 6.33 Å². The van der Waals surface area contributed by atoms with Gasteiger partial charge in [-0.3, -0.25) is 0 Å². The molecule has 104 valence electrons. The van der Waals surface area contributed by atoms with E-state index >= 15 is 0 Å². The number of anilines is 1. The smallest absolute Gasteiger partial charge is 0.321 e. The maximum Gasteiger partial charge on any atom is 0.321 e. The maximum atomic E-state index is 12.0. The first-order valence-electron chi connectivity index (χ1n) is 6.74. The lowest BCUT2D eigenvalue weighted by Crippen LogP contribution is -2.32. The van der Waals surface area contributed by atoms with Crippen molar-refractivity contribution in [2.75, 3.05) is 18.4 Å². The third-order valence-corrected chi connectivity index (χ3v) is 3.50. The summed E-state index contributed by atoms with van der Waals surface area (Å²) >= 11 is 0. The van der Waals surface area contributed by atoms with Crippen molar-refractivity contribution in [2.24, 2.45) is 7.05 Å². The Bertz CT molecular complexity index is 598. The maximum absolute atomic E-state index is 12.0. The van der Waals surface area contributed by atoms with Crippen LogP contribution in [-0.4, -0.2) is 38.8 Å². The Balaban J connectivity index is 1.70. The average molecular weight is 271 g/mol. The highest BCUT2D eigenvalue weighted by Crippen LogP contribution is 2.19. The van der Waals surface area contributed by atoms with Crippen LogP contribution in [0.3, 0.4) is 0 Å². The number of rotatable bonds is 2. The Hall–Kier alpha value is -2.37. The normalized spacial score (nSPS) is 14.6. The van der Waals surface area contributed by atoms with Crippen LogP contribution in [0.15, 0.2) is 30.6 Å². The van der Waals surface area contributed by atoms with E-state index in [2.05, 4.69) is 15.5 Å². The van der Waals surface area contributed by atoms with Crippen LogP contribution in [0, 0.1) is 0 Å². The zero-order valence-corrected chi connectivity index (χ0v) is 11.4. The van der Waals surface area contributed by atoms with Crippen LogP contribution in [0.1, 0.15) is 12.8 Å². The Labute approximate surface area is 117 Å². The van der Waals surface area contributed by atoms with Gasteiger partial charge in [-0.15, -0.1) is 10.2 Å². The van der Waals surface area contributed by atoms with Crippen molar-refractivity contribution in [3.8, 4) is 11.4 Å². The van der Waals surface area contributed by atoms with Crippen LogP contribution < -0.4 is 5.32 Å². The molecule has 0 atom stereocenters. The SMILES string of the molecule is Cn1cnnc1-c1ccc(NC(=O)N2CCCC2)cc1. The Morgan fingerprint density at radius 2 is 1.90 bits per heavy atom. The number of hydrogen-bond donors (Lipinski definition) is 1. The van der Waals surface area contributed by atoms with Gasteiger partial charge in [-0.05, 0) is 37.1 Å². The highest BCUT2D eigenvalue weighted by molar-refractivity contribution is 5.89. The average Bonchev–Trinajstić information content (AvgIpc) is 3.11. The number of amides is 2. The fraction of sp³-hybridized carbons (Fsp3) is 0.357. The topological polar surface area (TPSA) is 63.1 Å². The molecule has 0 radical (unpaired) electrons. The molecule has 0 saturated carbocycles. The summed E-state index contributed by atoms with van der Waals surface area (Å²) in [6, 6.07) is 7.62. The number of nitrogens with zero attached hydrogens (tertiary/aromatic N) is 4. The standard InChI is InChI=1S/C14H17N5O/c1-18-10-15-17-13(18)11-4-6-12(7-5-11)16-14(20)19-8-2-3-9-19/h4-7,10H,2-3,8-9H2,1H3,(H,16,20). The Morgan fingerprint density at radius 3 is 2.50 bits per heavy atom. The van der Waals surface area contributed by atoms with Gasteiger partial charge in [0.1, 0.15) is 6.33 Å². The van der Waals surface area contributed by atoms with Crippen molar-refractivity contribution < 1.29 is 4.79 Å². The molecule has 2 amide bonds. The van der Waals surface area contributed by atoms with E-state index in [-0.39, 0.29) is 6.03 Å². The van der Waals surface area contributed by atoms with Gasteiger partial charge < -0.3 is 14.8 Å². The van der Waals surface area contributed by atoms with Crippen LogP contribution in [0.25, 0.3) is 11.4 Å². The summed E-state index contributed by atoms with van der Waals surface area (Å²) in [4.78, 5) is 13.8. The molecular weight excluding hydrogens is 254 g/mol.